The van der Waals surface area contributed by atoms with Crippen LogP contribution in [0.15, 0.2) is 34.8 Å². The molecule has 1 fully saturated rings. The molecule has 4 nitrogen and oxygen atoms in total. The van der Waals surface area contributed by atoms with Crippen LogP contribution in [0.3, 0.4) is 0 Å². The molecular weight excluding hydrogens is 323 g/mol. The van der Waals surface area contributed by atoms with Gasteiger partial charge in [-0.15, -0.1) is 0 Å². The molecule has 2 N–H and O–H groups in total. The largest absolute Gasteiger partial charge is 0.326 e. The zero-order valence-electron chi connectivity index (χ0n) is 12.6. The van der Waals surface area contributed by atoms with E-state index in [2.05, 4.69) is 10.6 Å². The minimum atomic E-state index is -0.158. The highest BCUT2D eigenvalue weighted by Gasteiger charge is 2.60. The predicted octanol–water partition coefficient (Wildman–Crippen LogP) is 4.17. The molecule has 22 heavy (non-hydrogen) atoms. The zero-order chi connectivity index (χ0) is 16.5. The molecule has 6 heteroatoms. The van der Waals surface area contributed by atoms with Gasteiger partial charge in [0, 0.05) is 18.3 Å². The Morgan fingerprint density at radius 3 is 2.05 bits per heavy atom. The van der Waals surface area contributed by atoms with Crippen molar-refractivity contribution in [1.82, 2.24) is 0 Å². The topological polar surface area (TPSA) is 58.2 Å². The molecule has 0 saturated heterocycles. The molecule has 1 aliphatic rings. The zero-order valence-corrected chi connectivity index (χ0v) is 14.1. The molecule has 0 radical (unpaired) electrons. The van der Waals surface area contributed by atoms with Crippen LogP contribution in [0.5, 0.6) is 0 Å². The lowest BCUT2D eigenvalue weighted by atomic mass is 10.1. The van der Waals surface area contributed by atoms with Crippen LogP contribution in [0, 0.1) is 17.3 Å². The van der Waals surface area contributed by atoms with Crippen LogP contribution in [0.4, 0.5) is 11.4 Å². The molecule has 2 atom stereocenters. The number of allylic oxidation sites excluding steroid dienone is 1. The van der Waals surface area contributed by atoms with Gasteiger partial charge in [-0.05, 0) is 41.7 Å². The van der Waals surface area contributed by atoms with E-state index in [9.17, 15) is 9.59 Å². The highest BCUT2D eigenvalue weighted by molar-refractivity contribution is 6.55. The van der Waals surface area contributed by atoms with Gasteiger partial charge in [-0.25, -0.2) is 0 Å². The molecule has 1 saturated carbocycles. The van der Waals surface area contributed by atoms with Crippen LogP contribution in [0.1, 0.15) is 20.8 Å². The molecule has 0 heterocycles. The van der Waals surface area contributed by atoms with E-state index in [0.29, 0.717) is 11.4 Å². The van der Waals surface area contributed by atoms with Gasteiger partial charge in [0.1, 0.15) is 4.49 Å². The molecule has 0 aromatic heterocycles. The Morgan fingerprint density at radius 1 is 1.09 bits per heavy atom. The summed E-state index contributed by atoms with van der Waals surface area (Å²) in [5.41, 5.74) is 1.21. The number of rotatable bonds is 4. The quantitative estimate of drug-likeness (QED) is 0.863. The van der Waals surface area contributed by atoms with Crippen molar-refractivity contribution < 1.29 is 9.59 Å². The van der Waals surface area contributed by atoms with Crippen LogP contribution < -0.4 is 10.6 Å². The predicted molar refractivity (Wildman–Crippen MR) is 89.9 cm³/mol. The van der Waals surface area contributed by atoms with E-state index in [0.717, 1.165) is 0 Å². The van der Waals surface area contributed by atoms with Gasteiger partial charge in [0.25, 0.3) is 0 Å². The van der Waals surface area contributed by atoms with Gasteiger partial charge < -0.3 is 10.6 Å². The Bertz CT molecular complexity index is 620. The van der Waals surface area contributed by atoms with Crippen molar-refractivity contribution in [2.75, 3.05) is 10.6 Å². The molecule has 0 spiro atoms. The van der Waals surface area contributed by atoms with Gasteiger partial charge in [-0.1, -0.05) is 37.0 Å². The van der Waals surface area contributed by atoms with E-state index in [1.165, 1.54) is 6.92 Å². The number of halogens is 2. The van der Waals surface area contributed by atoms with Gasteiger partial charge in [0.15, 0.2) is 0 Å². The van der Waals surface area contributed by atoms with Gasteiger partial charge in [0.2, 0.25) is 11.8 Å². The number of anilines is 2. The summed E-state index contributed by atoms with van der Waals surface area (Å²) in [4.78, 5) is 23.3. The Morgan fingerprint density at radius 2 is 1.59 bits per heavy atom. The van der Waals surface area contributed by atoms with Crippen molar-refractivity contribution >= 4 is 46.4 Å². The molecule has 2 rings (SSSR count). The Labute approximate surface area is 139 Å². The standard InChI is InChI=1S/C16H18Cl2N2O2/c1-9(21)19-10-4-6-11(7-5-10)20-15(22)14-12(8-13(17)18)16(14,2)3/h4-8,12,14H,1-3H3,(H,19,21)(H,20,22)/t12-,14+/m0/s1. The second-order valence-corrected chi connectivity index (χ2v) is 7.04. The normalized spacial score (nSPS) is 21.7. The first kappa shape index (κ1) is 16.8. The third kappa shape index (κ3) is 3.81. The maximum Gasteiger partial charge on any atom is 0.228 e. The smallest absolute Gasteiger partial charge is 0.228 e. The Hall–Kier alpha value is -1.52. The number of carbonyl (C=O) groups excluding carboxylic acids is 2. The number of benzene rings is 1. The lowest BCUT2D eigenvalue weighted by Gasteiger charge is -2.07. The summed E-state index contributed by atoms with van der Waals surface area (Å²) in [6.07, 6.45) is 1.72. The van der Waals surface area contributed by atoms with E-state index in [1.807, 2.05) is 13.8 Å². The van der Waals surface area contributed by atoms with E-state index >= 15 is 0 Å². The molecule has 0 aliphatic heterocycles. The number of carbonyl (C=O) groups is 2. The Balaban J connectivity index is 2.01. The second-order valence-electron chi connectivity index (χ2n) is 6.03. The molecule has 118 valence electrons. The van der Waals surface area contributed by atoms with E-state index < -0.39 is 0 Å². The second kappa shape index (κ2) is 6.31. The lowest BCUT2D eigenvalue weighted by Crippen LogP contribution is -2.16. The van der Waals surface area contributed by atoms with Gasteiger partial charge in [-0.2, -0.15) is 0 Å². The fraction of sp³-hybridized carbons (Fsp3) is 0.375. The first-order chi connectivity index (χ1) is 10.2. The molecular formula is C16H18Cl2N2O2. The maximum absolute atomic E-state index is 12.3. The van der Waals surface area contributed by atoms with Crippen LogP contribution in [-0.2, 0) is 9.59 Å². The van der Waals surface area contributed by atoms with Crippen molar-refractivity contribution in [1.29, 1.82) is 0 Å². The summed E-state index contributed by atoms with van der Waals surface area (Å²) in [5, 5.41) is 5.55. The third-order valence-corrected chi connectivity index (χ3v) is 4.22. The number of hydrogen-bond donors (Lipinski definition) is 2. The Kier molecular flexibility index (Phi) is 4.83. The highest BCUT2D eigenvalue weighted by Crippen LogP contribution is 2.60. The van der Waals surface area contributed by atoms with Crippen molar-refractivity contribution in [2.24, 2.45) is 17.3 Å². The summed E-state index contributed by atoms with van der Waals surface area (Å²) in [6, 6.07) is 6.97. The van der Waals surface area contributed by atoms with Crippen molar-refractivity contribution in [3.05, 3.63) is 34.8 Å². The van der Waals surface area contributed by atoms with Crippen LogP contribution >= 0.6 is 23.2 Å². The van der Waals surface area contributed by atoms with Crippen LogP contribution in [-0.4, -0.2) is 11.8 Å². The lowest BCUT2D eigenvalue weighted by molar-refractivity contribution is -0.118. The van der Waals surface area contributed by atoms with Crippen molar-refractivity contribution in [3.63, 3.8) is 0 Å². The summed E-state index contributed by atoms with van der Waals surface area (Å²) in [7, 11) is 0. The van der Waals surface area contributed by atoms with Crippen molar-refractivity contribution in [3.8, 4) is 0 Å². The maximum atomic E-state index is 12.3. The number of hydrogen-bond acceptors (Lipinski definition) is 2. The summed E-state index contributed by atoms with van der Waals surface area (Å²) < 4.78 is 0.188. The summed E-state index contributed by atoms with van der Waals surface area (Å²) >= 11 is 11.4. The minimum absolute atomic E-state index is 0.0381. The fourth-order valence-corrected chi connectivity index (χ4v) is 2.96. The first-order valence-corrected chi connectivity index (χ1v) is 7.68. The van der Waals surface area contributed by atoms with Crippen molar-refractivity contribution in [2.45, 2.75) is 20.8 Å². The van der Waals surface area contributed by atoms with E-state index in [4.69, 9.17) is 23.2 Å². The molecule has 0 unspecified atom stereocenters. The summed E-state index contributed by atoms with van der Waals surface area (Å²) in [6.45, 7) is 5.46. The van der Waals surface area contributed by atoms with Crippen LogP contribution in [0.25, 0.3) is 0 Å². The molecule has 0 bridgehead atoms. The average molecular weight is 341 g/mol. The van der Waals surface area contributed by atoms with Gasteiger partial charge in [-0.3, -0.25) is 9.59 Å². The third-order valence-electron chi connectivity index (χ3n) is 3.97. The highest BCUT2D eigenvalue weighted by atomic mass is 35.5. The molecule has 1 aromatic carbocycles. The average Bonchev–Trinajstić information content (AvgIpc) is 2.91. The van der Waals surface area contributed by atoms with Gasteiger partial charge in [0.05, 0.1) is 5.92 Å². The van der Waals surface area contributed by atoms with E-state index in [-0.39, 0.29) is 33.6 Å². The molecule has 2 amide bonds. The van der Waals surface area contributed by atoms with Crippen LogP contribution in [0.2, 0.25) is 0 Å². The van der Waals surface area contributed by atoms with E-state index in [1.54, 1.807) is 30.3 Å². The fourth-order valence-electron chi connectivity index (χ4n) is 2.69. The monoisotopic (exact) mass is 340 g/mol. The SMILES string of the molecule is CC(=O)Nc1ccc(NC(=O)[C@H]2[C@H](C=C(Cl)Cl)C2(C)C)cc1. The number of nitrogens with one attached hydrogen (secondary N) is 2. The van der Waals surface area contributed by atoms with Gasteiger partial charge >= 0.3 is 0 Å². The summed E-state index contributed by atoms with van der Waals surface area (Å²) in [5.74, 6) is -0.316. The molecule has 1 aliphatic carbocycles. The first-order valence-electron chi connectivity index (χ1n) is 6.93. The molecule has 1 aromatic rings. The number of amides is 2. The minimum Gasteiger partial charge on any atom is -0.326 e.